The third kappa shape index (κ3) is 2.91. The summed E-state index contributed by atoms with van der Waals surface area (Å²) in [4.78, 5) is 5.81. The fourth-order valence-electron chi connectivity index (χ4n) is 2.81. The topological polar surface area (TPSA) is 33.1 Å². The molecule has 0 fully saturated rings. The maximum Gasteiger partial charge on any atom is 0.0664 e. The summed E-state index contributed by atoms with van der Waals surface area (Å²) in [6.45, 7) is 0. The van der Waals surface area contributed by atoms with Gasteiger partial charge in [-0.15, -0.1) is 11.3 Å². The molecule has 1 aliphatic rings. The molecule has 2 aromatic rings. The molecule has 2 nitrogen and oxygen atoms in total. The average molecular weight is 338 g/mol. The largest absolute Gasteiger partial charge is 0.392 e. The Kier molecular flexibility index (Phi) is 4.01. The minimum absolute atomic E-state index is 0.278. The first kappa shape index (κ1) is 13.3. The number of aliphatic hydroxyl groups excluding tert-OH is 1. The van der Waals surface area contributed by atoms with Crippen molar-refractivity contribution in [3.63, 3.8) is 0 Å². The first-order valence-electron chi connectivity index (χ1n) is 6.59. The van der Waals surface area contributed by atoms with Crippen LogP contribution in [0.25, 0.3) is 0 Å². The lowest BCUT2D eigenvalue weighted by atomic mass is 9.82. The number of halogens is 1. The minimum atomic E-state index is -0.331. The fraction of sp³-hybridized carbons (Fsp3) is 0.400. The van der Waals surface area contributed by atoms with Crippen molar-refractivity contribution in [2.24, 2.45) is 0 Å². The first-order chi connectivity index (χ1) is 9.24. The number of aryl methyl sites for hydroxylation is 1. The number of pyridine rings is 1. The molecule has 0 spiro atoms. The van der Waals surface area contributed by atoms with E-state index < -0.39 is 0 Å². The van der Waals surface area contributed by atoms with Gasteiger partial charge in [0.25, 0.3) is 0 Å². The molecule has 3 rings (SSSR count). The van der Waals surface area contributed by atoms with Gasteiger partial charge in [-0.05, 0) is 64.3 Å². The van der Waals surface area contributed by atoms with E-state index in [9.17, 15) is 5.11 Å². The van der Waals surface area contributed by atoms with Crippen LogP contribution in [-0.4, -0.2) is 16.2 Å². The van der Waals surface area contributed by atoms with Crippen molar-refractivity contribution in [1.82, 2.24) is 4.98 Å². The summed E-state index contributed by atoms with van der Waals surface area (Å²) < 4.78 is 0.975. The predicted octanol–water partition coefficient (Wildman–Crippen LogP) is 3.93. The molecule has 1 aliphatic carbocycles. The van der Waals surface area contributed by atoms with Crippen molar-refractivity contribution in [1.29, 1.82) is 0 Å². The van der Waals surface area contributed by atoms with Crippen molar-refractivity contribution < 1.29 is 5.11 Å². The van der Waals surface area contributed by atoms with Crippen LogP contribution in [0.4, 0.5) is 0 Å². The van der Waals surface area contributed by atoms with E-state index in [2.05, 4.69) is 32.4 Å². The van der Waals surface area contributed by atoms with Crippen molar-refractivity contribution in [3.8, 4) is 0 Å². The highest BCUT2D eigenvalue weighted by Gasteiger charge is 2.27. The molecule has 4 heteroatoms. The Labute approximate surface area is 125 Å². The first-order valence-corrected chi connectivity index (χ1v) is 8.26. The fourth-order valence-corrected chi connectivity index (χ4v) is 4.04. The van der Waals surface area contributed by atoms with Gasteiger partial charge in [-0.25, -0.2) is 0 Å². The van der Waals surface area contributed by atoms with Crippen LogP contribution in [0.5, 0.6) is 0 Å². The Hall–Kier alpha value is -0.710. The molecule has 0 bridgehead atoms. The normalized spacial score (nSPS) is 20.0. The second-order valence-corrected chi connectivity index (χ2v) is 6.95. The van der Waals surface area contributed by atoms with Crippen LogP contribution in [0.2, 0.25) is 0 Å². The van der Waals surface area contributed by atoms with Crippen molar-refractivity contribution in [3.05, 3.63) is 50.4 Å². The third-order valence-electron chi connectivity index (χ3n) is 3.77. The Morgan fingerprint density at radius 3 is 3.11 bits per heavy atom. The van der Waals surface area contributed by atoms with Gasteiger partial charge in [-0.1, -0.05) is 0 Å². The molecule has 100 valence electrons. The highest BCUT2D eigenvalue weighted by Crippen LogP contribution is 2.37. The van der Waals surface area contributed by atoms with Gasteiger partial charge < -0.3 is 5.11 Å². The molecule has 0 saturated heterocycles. The van der Waals surface area contributed by atoms with Crippen molar-refractivity contribution >= 4 is 27.3 Å². The Morgan fingerprint density at radius 2 is 2.32 bits per heavy atom. The standard InChI is InChI=1S/C15H16BrNOS/c16-10-4-5-11(17-9-10)8-14(18)12-2-1-3-15-13(12)6-7-19-15/h4-7,9,12,14,18H,1-3,8H2. The number of aliphatic hydroxyl groups is 1. The SMILES string of the molecule is OC(Cc1ccc(Br)cn1)C1CCCc2sccc21. The van der Waals surface area contributed by atoms with Crippen molar-refractivity contribution in [2.45, 2.75) is 37.7 Å². The Bertz CT molecular complexity index is 552. The van der Waals surface area contributed by atoms with Crippen LogP contribution in [0.3, 0.4) is 0 Å². The van der Waals surface area contributed by atoms with E-state index in [1.54, 1.807) is 6.20 Å². The van der Waals surface area contributed by atoms with Gasteiger partial charge in [-0.2, -0.15) is 0 Å². The molecule has 2 atom stereocenters. The number of fused-ring (bicyclic) bond motifs is 1. The van der Waals surface area contributed by atoms with Gasteiger partial charge in [0.1, 0.15) is 0 Å². The van der Waals surface area contributed by atoms with E-state index in [1.807, 2.05) is 23.5 Å². The lowest BCUT2D eigenvalue weighted by Crippen LogP contribution is -2.24. The zero-order valence-electron chi connectivity index (χ0n) is 10.6. The monoisotopic (exact) mass is 337 g/mol. The highest BCUT2D eigenvalue weighted by atomic mass is 79.9. The summed E-state index contributed by atoms with van der Waals surface area (Å²) in [7, 11) is 0. The summed E-state index contributed by atoms with van der Waals surface area (Å²) in [6.07, 6.45) is 5.53. The van der Waals surface area contributed by atoms with Crippen LogP contribution in [0.15, 0.2) is 34.2 Å². The maximum absolute atomic E-state index is 10.5. The van der Waals surface area contributed by atoms with E-state index in [-0.39, 0.29) is 12.0 Å². The molecule has 0 amide bonds. The number of rotatable bonds is 3. The van der Waals surface area contributed by atoms with Crippen LogP contribution in [-0.2, 0) is 12.8 Å². The van der Waals surface area contributed by atoms with Gasteiger partial charge >= 0.3 is 0 Å². The van der Waals surface area contributed by atoms with E-state index >= 15 is 0 Å². The number of hydrogen-bond donors (Lipinski definition) is 1. The smallest absolute Gasteiger partial charge is 0.0664 e. The van der Waals surface area contributed by atoms with Crippen LogP contribution >= 0.6 is 27.3 Å². The molecule has 0 aliphatic heterocycles. The van der Waals surface area contributed by atoms with E-state index in [0.29, 0.717) is 6.42 Å². The molecular formula is C15H16BrNOS. The summed E-state index contributed by atoms with van der Waals surface area (Å²) in [5.41, 5.74) is 2.32. The summed E-state index contributed by atoms with van der Waals surface area (Å²) in [5, 5.41) is 12.7. The second-order valence-electron chi connectivity index (χ2n) is 5.04. The number of aromatic nitrogens is 1. The Morgan fingerprint density at radius 1 is 1.42 bits per heavy atom. The molecule has 2 aromatic heterocycles. The van der Waals surface area contributed by atoms with Crippen LogP contribution < -0.4 is 0 Å². The van der Waals surface area contributed by atoms with E-state index in [1.165, 1.54) is 23.3 Å². The summed E-state index contributed by atoms with van der Waals surface area (Å²) in [5.74, 6) is 0.278. The van der Waals surface area contributed by atoms with Crippen LogP contribution in [0, 0.1) is 0 Å². The Balaban J connectivity index is 1.75. The molecule has 2 heterocycles. The number of hydrogen-bond acceptors (Lipinski definition) is 3. The molecule has 2 unspecified atom stereocenters. The van der Waals surface area contributed by atoms with Crippen molar-refractivity contribution in [2.75, 3.05) is 0 Å². The molecule has 0 radical (unpaired) electrons. The van der Waals surface area contributed by atoms with Crippen LogP contribution in [0.1, 0.15) is 34.9 Å². The molecule has 19 heavy (non-hydrogen) atoms. The molecule has 1 N–H and O–H groups in total. The number of thiophene rings is 1. The quantitative estimate of drug-likeness (QED) is 0.920. The highest BCUT2D eigenvalue weighted by molar-refractivity contribution is 9.10. The van der Waals surface area contributed by atoms with Gasteiger partial charge in [0.05, 0.1) is 6.10 Å². The lowest BCUT2D eigenvalue weighted by molar-refractivity contribution is 0.134. The maximum atomic E-state index is 10.5. The van der Waals surface area contributed by atoms with Gasteiger partial charge in [0, 0.05) is 33.6 Å². The van der Waals surface area contributed by atoms with Gasteiger partial charge in [-0.3, -0.25) is 4.98 Å². The summed E-state index contributed by atoms with van der Waals surface area (Å²) in [6, 6.07) is 6.14. The zero-order valence-corrected chi connectivity index (χ0v) is 13.0. The van der Waals surface area contributed by atoms with E-state index in [0.717, 1.165) is 16.6 Å². The minimum Gasteiger partial charge on any atom is -0.392 e. The third-order valence-corrected chi connectivity index (χ3v) is 5.24. The zero-order chi connectivity index (χ0) is 13.2. The van der Waals surface area contributed by atoms with E-state index in [4.69, 9.17) is 0 Å². The molecular weight excluding hydrogens is 322 g/mol. The number of nitrogens with zero attached hydrogens (tertiary/aromatic N) is 1. The average Bonchev–Trinajstić information content (AvgIpc) is 2.89. The molecule has 0 saturated carbocycles. The van der Waals surface area contributed by atoms with Gasteiger partial charge in [0.2, 0.25) is 0 Å². The lowest BCUT2D eigenvalue weighted by Gasteiger charge is -2.27. The summed E-state index contributed by atoms with van der Waals surface area (Å²) >= 11 is 5.20. The van der Waals surface area contributed by atoms with Gasteiger partial charge in [0.15, 0.2) is 0 Å². The second kappa shape index (κ2) is 5.73. The predicted molar refractivity (Wildman–Crippen MR) is 81.6 cm³/mol. The molecule has 0 aromatic carbocycles.